The maximum absolute atomic E-state index is 14.5. The summed E-state index contributed by atoms with van der Waals surface area (Å²) < 4.78 is 29.9. The zero-order valence-electron chi connectivity index (χ0n) is 36.1. The van der Waals surface area contributed by atoms with Gasteiger partial charge in [0.2, 0.25) is 0 Å². The van der Waals surface area contributed by atoms with Crippen molar-refractivity contribution in [3.8, 4) is 23.0 Å². The van der Waals surface area contributed by atoms with Crippen LogP contribution < -0.4 is 14.8 Å². The van der Waals surface area contributed by atoms with Gasteiger partial charge in [-0.1, -0.05) is 45.9 Å². The highest BCUT2D eigenvalue weighted by Gasteiger charge is 2.50. The number of phenols is 2. The van der Waals surface area contributed by atoms with Crippen LogP contribution in [0.1, 0.15) is 90.6 Å². The van der Waals surface area contributed by atoms with Crippen molar-refractivity contribution in [2.24, 2.45) is 23.7 Å². The Morgan fingerprint density at radius 1 is 0.967 bits per heavy atom. The number of piperidine rings is 1. The van der Waals surface area contributed by atoms with Gasteiger partial charge in [0.1, 0.15) is 23.4 Å². The largest absolute Gasteiger partial charge is 0.507 e. The van der Waals surface area contributed by atoms with Crippen molar-refractivity contribution < 1.29 is 63.3 Å². The molecule has 4 aliphatic heterocycles. The van der Waals surface area contributed by atoms with E-state index in [0.29, 0.717) is 6.54 Å². The molecule has 1 fully saturated rings. The maximum atomic E-state index is 14.5. The van der Waals surface area contributed by atoms with Crippen LogP contribution in [0.5, 0.6) is 23.0 Å². The third-order valence-electron chi connectivity index (χ3n) is 12.3. The average molecular weight is 837 g/mol. The summed E-state index contributed by atoms with van der Waals surface area (Å²) in [6.07, 6.45) is 6.32. The number of benzene rings is 2. The summed E-state index contributed by atoms with van der Waals surface area (Å²) in [5.74, 6) is -7.87. The number of methoxy groups -OCH3 is 1. The molecule has 5 bridgehead atoms. The van der Waals surface area contributed by atoms with Gasteiger partial charge in [0.15, 0.2) is 12.4 Å². The number of aliphatic hydroxyl groups is 2. The average Bonchev–Trinajstić information content (AvgIpc) is 3.48. The number of fused-ring (bicyclic) bond motifs is 14. The van der Waals surface area contributed by atoms with Crippen LogP contribution in [0.2, 0.25) is 0 Å². The number of amides is 2. The van der Waals surface area contributed by atoms with E-state index in [1.165, 1.54) is 59.3 Å². The SMILES string of the molecule is CO[C@H]1/C=C/O[C@@]2(C)Oc3c(C)c(O)c4c(O)c(cc(OCC(=O)N5CCCCC5C)c4c3C2=O)NC(=O)/C(C)=C\C=C\[C@@H](C)[C@@H](O)[C@@H](C)[C@H](O)[C@@H](C)[C@H](OC(C)=O)[C@@H]1C. The fraction of sp³-hybridized carbons (Fsp3) is 0.556. The predicted molar refractivity (Wildman–Crippen MR) is 223 cm³/mol. The van der Waals surface area contributed by atoms with Gasteiger partial charge >= 0.3 is 11.8 Å². The summed E-state index contributed by atoms with van der Waals surface area (Å²) in [4.78, 5) is 55.7. The number of carbonyl (C=O) groups excluding carboxylic acids is 4. The zero-order chi connectivity index (χ0) is 44.4. The molecule has 2 amide bonds. The molecule has 5 N–H and O–H groups in total. The van der Waals surface area contributed by atoms with Crippen LogP contribution in [0.4, 0.5) is 5.69 Å². The molecular formula is C45H60N2O13. The van der Waals surface area contributed by atoms with Crippen LogP contribution in [0.3, 0.4) is 0 Å². The smallest absolute Gasteiger partial charge is 0.312 e. The number of ether oxygens (including phenoxy) is 5. The van der Waals surface area contributed by atoms with Crippen LogP contribution in [0.25, 0.3) is 10.8 Å². The van der Waals surface area contributed by atoms with Crippen molar-refractivity contribution in [3.63, 3.8) is 0 Å². The number of aliphatic hydroxyl groups excluding tert-OH is 2. The van der Waals surface area contributed by atoms with Gasteiger partial charge < -0.3 is 54.3 Å². The molecule has 0 aromatic heterocycles. The quantitative estimate of drug-likeness (QED) is 0.178. The van der Waals surface area contributed by atoms with Gasteiger partial charge in [-0.2, -0.15) is 0 Å². The van der Waals surface area contributed by atoms with Gasteiger partial charge in [0.05, 0.1) is 41.2 Å². The summed E-state index contributed by atoms with van der Waals surface area (Å²) in [5, 5.41) is 48.6. The monoisotopic (exact) mass is 836 g/mol. The molecule has 0 aliphatic carbocycles. The lowest BCUT2D eigenvalue weighted by Crippen LogP contribution is -2.46. The summed E-state index contributed by atoms with van der Waals surface area (Å²) in [7, 11) is 1.44. The van der Waals surface area contributed by atoms with Gasteiger partial charge in [0.25, 0.3) is 17.6 Å². The molecule has 0 saturated carbocycles. The number of carbonyl (C=O) groups is 4. The molecule has 6 rings (SSSR count). The normalized spacial score (nSPS) is 32.4. The van der Waals surface area contributed by atoms with E-state index in [1.807, 2.05) is 6.92 Å². The van der Waals surface area contributed by atoms with Crippen molar-refractivity contribution in [3.05, 3.63) is 53.3 Å². The number of hydrogen-bond donors (Lipinski definition) is 5. The van der Waals surface area contributed by atoms with E-state index in [4.69, 9.17) is 23.7 Å². The van der Waals surface area contributed by atoms with E-state index in [9.17, 15) is 39.6 Å². The topological polar surface area (TPSA) is 211 Å². The summed E-state index contributed by atoms with van der Waals surface area (Å²) in [6.45, 7) is 14.7. The molecule has 2 aromatic rings. The van der Waals surface area contributed by atoms with Crippen molar-refractivity contribution >= 4 is 40.0 Å². The lowest BCUT2D eigenvalue weighted by atomic mass is 9.78. The van der Waals surface area contributed by atoms with Crippen LogP contribution in [0.15, 0.2) is 42.2 Å². The second kappa shape index (κ2) is 18.7. The van der Waals surface area contributed by atoms with Crippen molar-refractivity contribution in [1.82, 2.24) is 4.90 Å². The number of nitrogens with one attached hydrogen (secondary N) is 1. The first-order valence-corrected chi connectivity index (χ1v) is 20.5. The molecule has 4 aliphatic rings. The number of anilines is 1. The third-order valence-corrected chi connectivity index (χ3v) is 12.3. The minimum absolute atomic E-state index is 0.0115. The second-order valence-electron chi connectivity index (χ2n) is 16.6. The number of hydrogen-bond acceptors (Lipinski definition) is 13. The van der Waals surface area contributed by atoms with Crippen LogP contribution in [-0.4, -0.2) is 105 Å². The van der Waals surface area contributed by atoms with E-state index in [-0.39, 0.29) is 56.6 Å². The highest BCUT2D eigenvalue weighted by atomic mass is 16.7. The lowest BCUT2D eigenvalue weighted by Gasteiger charge is -2.38. The summed E-state index contributed by atoms with van der Waals surface area (Å²) >= 11 is 0. The Morgan fingerprint density at radius 2 is 1.67 bits per heavy atom. The first-order chi connectivity index (χ1) is 28.2. The summed E-state index contributed by atoms with van der Waals surface area (Å²) in [5.41, 5.74) is 0.0317. The molecule has 15 heteroatoms. The molecule has 328 valence electrons. The molecule has 0 spiro atoms. The fourth-order valence-corrected chi connectivity index (χ4v) is 8.44. The van der Waals surface area contributed by atoms with Crippen LogP contribution >= 0.6 is 0 Å². The predicted octanol–water partition coefficient (Wildman–Crippen LogP) is 5.83. The second-order valence-corrected chi connectivity index (χ2v) is 16.6. The number of nitrogens with zero attached hydrogens (tertiary/aromatic N) is 1. The highest BCUT2D eigenvalue weighted by Crippen LogP contribution is 2.54. The first-order valence-electron chi connectivity index (χ1n) is 20.5. The molecule has 60 heavy (non-hydrogen) atoms. The minimum atomic E-state index is -2.02. The van der Waals surface area contributed by atoms with E-state index in [0.717, 1.165) is 19.3 Å². The lowest BCUT2D eigenvalue weighted by molar-refractivity contribution is -0.160. The molecule has 1 saturated heterocycles. The molecular weight excluding hydrogens is 776 g/mol. The van der Waals surface area contributed by atoms with E-state index in [2.05, 4.69) is 5.32 Å². The highest BCUT2D eigenvalue weighted by molar-refractivity contribution is 6.21. The molecule has 1 unspecified atom stereocenters. The number of aromatic hydroxyl groups is 2. The number of Topliss-reactive ketones (excluding diaryl/α,β-unsaturated/α-hetero) is 1. The Kier molecular flexibility index (Phi) is 14.3. The van der Waals surface area contributed by atoms with Gasteiger partial charge in [-0.15, -0.1) is 0 Å². The number of phenolic OH excluding ortho intramolecular Hbond substituents is 2. The van der Waals surface area contributed by atoms with Crippen molar-refractivity contribution in [2.45, 2.75) is 118 Å². The number of allylic oxidation sites excluding steroid dienone is 2. The van der Waals surface area contributed by atoms with Crippen molar-refractivity contribution in [2.75, 3.05) is 25.6 Å². The molecule has 0 radical (unpaired) electrons. The fourth-order valence-electron chi connectivity index (χ4n) is 8.44. The van der Waals surface area contributed by atoms with Crippen molar-refractivity contribution in [1.29, 1.82) is 0 Å². The Labute approximate surface area is 351 Å². The van der Waals surface area contributed by atoms with Gasteiger partial charge in [-0.05, 0) is 46.1 Å². The maximum Gasteiger partial charge on any atom is 0.312 e. The van der Waals surface area contributed by atoms with E-state index >= 15 is 0 Å². The van der Waals surface area contributed by atoms with Crippen LogP contribution in [0, 0.1) is 30.6 Å². The Balaban J connectivity index is 1.66. The Morgan fingerprint density at radius 3 is 2.32 bits per heavy atom. The van der Waals surface area contributed by atoms with Gasteiger partial charge in [-0.3, -0.25) is 19.2 Å². The molecule has 2 aromatic carbocycles. The van der Waals surface area contributed by atoms with E-state index < -0.39 is 89.6 Å². The first kappa shape index (κ1) is 46.0. The minimum Gasteiger partial charge on any atom is -0.507 e. The Hall–Kier alpha value is -5.12. The number of rotatable bonds is 5. The van der Waals surface area contributed by atoms with Gasteiger partial charge in [-0.25, -0.2) is 0 Å². The van der Waals surface area contributed by atoms with Gasteiger partial charge in [0, 0.05) is 79.8 Å². The molecule has 4 heterocycles. The number of likely N-dealkylation sites (tertiary alicyclic amines) is 1. The Bertz CT molecular complexity index is 2080. The molecule has 10 atom stereocenters. The number of ketones is 1. The standard InChI is InChI=1S/C45H60N2O13/c1-22-14-13-15-23(2)44(55)46-30-20-32(57-21-33(49)47-18-12-11-16-24(47)3)34-35(40(30)53)39(52)28(7)42-36(34)43(54)45(9,60-42)58-19-17-31(56-10)25(4)41(59-29(8)48)27(6)38(51)26(5)37(22)50/h13-15,17,19-20,22,24-27,31,37-38,41,50-53H,11-12,16,18,21H2,1-10H3,(H,46,55)/b14-13+,19-17+,23-15-/t22-,24?,25-,26-,27-,31+,37-,38+,41-,45+/m1/s1. The zero-order valence-corrected chi connectivity index (χ0v) is 36.1. The molecule has 15 nitrogen and oxygen atoms in total. The van der Waals surface area contributed by atoms with E-state index in [1.54, 1.807) is 44.7 Å². The third kappa shape index (κ3) is 9.13. The summed E-state index contributed by atoms with van der Waals surface area (Å²) in [6, 6.07) is 1.28. The van der Waals surface area contributed by atoms with Crippen LogP contribution in [-0.2, 0) is 28.6 Å². The number of esters is 1.